The Morgan fingerprint density at radius 2 is 2.10 bits per heavy atom. The summed E-state index contributed by atoms with van der Waals surface area (Å²) in [6.45, 7) is 1.99. The van der Waals surface area contributed by atoms with Crippen LogP contribution in [0.15, 0.2) is 46.1 Å². The highest BCUT2D eigenvalue weighted by Crippen LogP contribution is 2.18. The highest BCUT2D eigenvalue weighted by Gasteiger charge is 2.14. The minimum atomic E-state index is -3.86. The van der Waals surface area contributed by atoms with E-state index < -0.39 is 9.05 Å². The second-order valence-electron chi connectivity index (χ2n) is 4.29. The van der Waals surface area contributed by atoms with Gasteiger partial charge in [0.25, 0.3) is 15.0 Å². The first-order valence-corrected chi connectivity index (χ1v) is 8.03. The number of benzene rings is 1. The maximum Gasteiger partial charge on any atom is 0.261 e. The van der Waals surface area contributed by atoms with Crippen LogP contribution in [0.5, 0.6) is 0 Å². The van der Waals surface area contributed by atoms with Gasteiger partial charge < -0.3 is 9.73 Å². The summed E-state index contributed by atoms with van der Waals surface area (Å²) in [4.78, 5) is 11.9. The highest BCUT2D eigenvalue weighted by molar-refractivity contribution is 8.13. The Labute approximate surface area is 121 Å². The van der Waals surface area contributed by atoms with Crippen molar-refractivity contribution in [1.29, 1.82) is 0 Å². The number of hydrogen-bond acceptors (Lipinski definition) is 4. The third-order valence-corrected chi connectivity index (χ3v) is 3.96. The third-order valence-electron chi connectivity index (χ3n) is 2.63. The Hall–Kier alpha value is -1.79. The lowest BCUT2D eigenvalue weighted by Crippen LogP contribution is -2.22. The van der Waals surface area contributed by atoms with Crippen LogP contribution in [0, 0.1) is 6.92 Å². The molecule has 0 fully saturated rings. The Balaban J connectivity index is 2.19. The van der Waals surface area contributed by atoms with Crippen molar-refractivity contribution in [3.05, 3.63) is 53.5 Å². The maximum atomic E-state index is 12.0. The van der Waals surface area contributed by atoms with Crippen molar-refractivity contribution in [2.75, 3.05) is 0 Å². The zero-order chi connectivity index (χ0) is 14.8. The predicted molar refractivity (Wildman–Crippen MR) is 74.1 cm³/mol. The van der Waals surface area contributed by atoms with E-state index in [4.69, 9.17) is 15.1 Å². The fraction of sp³-hybridized carbons (Fsp3) is 0.154. The molecule has 7 heteroatoms. The molecule has 1 heterocycles. The topological polar surface area (TPSA) is 76.4 Å². The molecule has 1 N–H and O–H groups in total. The summed E-state index contributed by atoms with van der Waals surface area (Å²) in [6.07, 6.45) is 3.03. The van der Waals surface area contributed by atoms with Crippen LogP contribution in [0.4, 0.5) is 0 Å². The fourth-order valence-electron chi connectivity index (χ4n) is 1.70. The van der Waals surface area contributed by atoms with Crippen LogP contribution >= 0.6 is 10.7 Å². The standard InChI is InChI=1S/C13H12ClNO4S/c1-9-4-11(6-12(5-9)20(14,17)18)13(16)15-7-10-2-3-19-8-10/h2-6,8H,7H2,1H3,(H,15,16). The van der Waals surface area contributed by atoms with Gasteiger partial charge in [-0.1, -0.05) is 0 Å². The second kappa shape index (κ2) is 5.68. The maximum absolute atomic E-state index is 12.0. The van der Waals surface area contributed by atoms with Crippen molar-refractivity contribution in [3.8, 4) is 0 Å². The van der Waals surface area contributed by atoms with Gasteiger partial charge in [0.1, 0.15) is 0 Å². The second-order valence-corrected chi connectivity index (χ2v) is 6.85. The van der Waals surface area contributed by atoms with Crippen molar-refractivity contribution in [2.24, 2.45) is 0 Å². The van der Waals surface area contributed by atoms with E-state index in [0.29, 0.717) is 12.1 Å². The van der Waals surface area contributed by atoms with Crippen LogP contribution < -0.4 is 5.32 Å². The molecular weight excluding hydrogens is 302 g/mol. The van der Waals surface area contributed by atoms with E-state index in [-0.39, 0.29) is 16.4 Å². The molecule has 2 rings (SSSR count). The lowest BCUT2D eigenvalue weighted by atomic mass is 10.1. The molecule has 0 radical (unpaired) electrons. The number of aryl methyl sites for hydroxylation is 1. The molecule has 0 unspecified atom stereocenters. The first kappa shape index (κ1) is 14.6. The molecule has 0 bridgehead atoms. The Bertz CT molecular complexity index is 723. The van der Waals surface area contributed by atoms with Crippen LogP contribution in [-0.2, 0) is 15.6 Å². The molecular formula is C13H12ClNO4S. The van der Waals surface area contributed by atoms with Gasteiger partial charge in [0, 0.05) is 28.4 Å². The number of carbonyl (C=O) groups is 1. The molecule has 20 heavy (non-hydrogen) atoms. The Morgan fingerprint density at radius 1 is 1.35 bits per heavy atom. The van der Waals surface area contributed by atoms with Crippen LogP contribution in [0.2, 0.25) is 0 Å². The average Bonchev–Trinajstić information content (AvgIpc) is 2.87. The number of nitrogens with one attached hydrogen (secondary N) is 1. The molecule has 1 amide bonds. The molecule has 1 aromatic heterocycles. The van der Waals surface area contributed by atoms with E-state index in [1.807, 2.05) is 0 Å². The molecule has 0 saturated heterocycles. The quantitative estimate of drug-likeness (QED) is 0.880. The van der Waals surface area contributed by atoms with Crippen molar-refractivity contribution in [1.82, 2.24) is 5.32 Å². The number of hydrogen-bond donors (Lipinski definition) is 1. The lowest BCUT2D eigenvalue weighted by Gasteiger charge is -2.06. The number of furan rings is 1. The summed E-state index contributed by atoms with van der Waals surface area (Å²) in [5, 5.41) is 2.67. The van der Waals surface area contributed by atoms with Gasteiger partial charge in [0.2, 0.25) is 0 Å². The summed E-state index contributed by atoms with van der Waals surface area (Å²) in [5.41, 5.74) is 1.70. The number of amides is 1. The lowest BCUT2D eigenvalue weighted by molar-refractivity contribution is 0.0950. The molecule has 0 spiro atoms. The van der Waals surface area contributed by atoms with E-state index in [2.05, 4.69) is 5.32 Å². The van der Waals surface area contributed by atoms with Gasteiger partial charge in [0.05, 0.1) is 17.4 Å². The molecule has 0 atom stereocenters. The van der Waals surface area contributed by atoms with E-state index in [9.17, 15) is 13.2 Å². The number of carbonyl (C=O) groups excluding carboxylic acids is 1. The molecule has 5 nitrogen and oxygen atoms in total. The molecule has 0 aliphatic carbocycles. The zero-order valence-electron chi connectivity index (χ0n) is 10.6. The van der Waals surface area contributed by atoms with Crippen molar-refractivity contribution < 1.29 is 17.6 Å². The smallest absolute Gasteiger partial charge is 0.261 e. The van der Waals surface area contributed by atoms with Crippen molar-refractivity contribution >= 4 is 25.6 Å². The minimum absolute atomic E-state index is 0.0902. The Morgan fingerprint density at radius 3 is 2.70 bits per heavy atom. The highest BCUT2D eigenvalue weighted by atomic mass is 35.7. The zero-order valence-corrected chi connectivity index (χ0v) is 12.2. The van der Waals surface area contributed by atoms with E-state index in [1.54, 1.807) is 19.1 Å². The Kier molecular flexibility index (Phi) is 4.15. The van der Waals surface area contributed by atoms with Gasteiger partial charge in [-0.3, -0.25) is 4.79 Å². The predicted octanol–water partition coefficient (Wildman–Crippen LogP) is 2.45. The van der Waals surface area contributed by atoms with Crippen LogP contribution in [0.25, 0.3) is 0 Å². The average molecular weight is 314 g/mol. The fourth-order valence-corrected chi connectivity index (χ4v) is 2.56. The summed E-state index contributed by atoms with van der Waals surface area (Å²) in [7, 11) is 1.43. The number of rotatable bonds is 4. The SMILES string of the molecule is Cc1cc(C(=O)NCc2ccoc2)cc(S(=O)(=O)Cl)c1. The van der Waals surface area contributed by atoms with Crippen LogP contribution in [0.3, 0.4) is 0 Å². The van der Waals surface area contributed by atoms with Gasteiger partial charge in [-0.25, -0.2) is 8.42 Å². The minimum Gasteiger partial charge on any atom is -0.472 e. The van der Waals surface area contributed by atoms with Gasteiger partial charge in [-0.2, -0.15) is 0 Å². The normalized spacial score (nSPS) is 11.3. The van der Waals surface area contributed by atoms with Crippen molar-refractivity contribution in [2.45, 2.75) is 18.4 Å². The van der Waals surface area contributed by atoms with E-state index in [0.717, 1.165) is 5.56 Å². The molecule has 0 saturated carbocycles. The molecule has 1 aromatic carbocycles. The molecule has 106 valence electrons. The largest absolute Gasteiger partial charge is 0.472 e. The van der Waals surface area contributed by atoms with E-state index >= 15 is 0 Å². The number of halogens is 1. The first-order chi connectivity index (χ1) is 9.36. The molecule has 0 aliphatic heterocycles. The summed E-state index contributed by atoms with van der Waals surface area (Å²) in [6, 6.07) is 5.98. The van der Waals surface area contributed by atoms with Gasteiger partial charge >= 0.3 is 0 Å². The van der Waals surface area contributed by atoms with Gasteiger partial charge in [-0.15, -0.1) is 0 Å². The van der Waals surface area contributed by atoms with Crippen molar-refractivity contribution in [3.63, 3.8) is 0 Å². The summed E-state index contributed by atoms with van der Waals surface area (Å²) >= 11 is 0. The molecule has 2 aromatic rings. The van der Waals surface area contributed by atoms with Crippen LogP contribution in [0.1, 0.15) is 21.5 Å². The monoisotopic (exact) mass is 313 g/mol. The first-order valence-electron chi connectivity index (χ1n) is 5.72. The molecule has 0 aliphatic rings. The summed E-state index contributed by atoms with van der Waals surface area (Å²) < 4.78 is 27.5. The van der Waals surface area contributed by atoms with Gasteiger partial charge in [0.15, 0.2) is 0 Å². The summed E-state index contributed by atoms with van der Waals surface area (Å²) in [5.74, 6) is -0.378. The third kappa shape index (κ3) is 3.61. The van der Waals surface area contributed by atoms with E-state index in [1.165, 1.54) is 24.7 Å². The van der Waals surface area contributed by atoms with Crippen LogP contribution in [-0.4, -0.2) is 14.3 Å². The van der Waals surface area contributed by atoms with Gasteiger partial charge in [-0.05, 0) is 36.8 Å².